The number of nitrogens with one attached hydrogen (secondary N) is 1. The predicted molar refractivity (Wildman–Crippen MR) is 77.7 cm³/mol. The van der Waals surface area contributed by atoms with Crippen molar-refractivity contribution in [1.29, 1.82) is 0 Å². The number of amides is 1. The second-order valence-corrected chi connectivity index (χ2v) is 5.91. The third kappa shape index (κ3) is 2.33. The van der Waals surface area contributed by atoms with E-state index in [1.165, 1.54) is 0 Å². The Morgan fingerprint density at radius 2 is 1.86 bits per heavy atom. The van der Waals surface area contributed by atoms with Crippen molar-refractivity contribution in [1.82, 2.24) is 4.98 Å². The molecule has 5 heteroatoms. The first-order valence-corrected chi connectivity index (χ1v) is 7.13. The van der Waals surface area contributed by atoms with Crippen molar-refractivity contribution in [2.45, 2.75) is 20.3 Å². The fraction of sp³-hybridized carbons (Fsp3) is 0.438. The number of carboxylic acid groups (broad SMARTS) is 1. The van der Waals surface area contributed by atoms with Crippen LogP contribution in [0.1, 0.15) is 17.8 Å². The summed E-state index contributed by atoms with van der Waals surface area (Å²) in [5, 5.41) is 12.2. The van der Waals surface area contributed by atoms with Gasteiger partial charge in [-0.1, -0.05) is 12.2 Å². The summed E-state index contributed by atoms with van der Waals surface area (Å²) in [6, 6.07) is 3.65. The molecule has 0 saturated heterocycles. The number of pyridine rings is 1. The molecule has 2 bridgehead atoms. The van der Waals surface area contributed by atoms with Gasteiger partial charge in [-0.15, -0.1) is 0 Å². The molecule has 3 rings (SSSR count). The van der Waals surface area contributed by atoms with E-state index >= 15 is 0 Å². The average molecular weight is 286 g/mol. The highest BCUT2D eigenvalue weighted by molar-refractivity contribution is 5.96. The second kappa shape index (κ2) is 4.98. The number of hydrogen-bond donors (Lipinski definition) is 2. The molecule has 21 heavy (non-hydrogen) atoms. The quantitative estimate of drug-likeness (QED) is 0.834. The summed E-state index contributed by atoms with van der Waals surface area (Å²) in [6.45, 7) is 3.72. The number of carbonyl (C=O) groups excluding carboxylic acids is 1. The smallest absolute Gasteiger partial charge is 0.307 e. The van der Waals surface area contributed by atoms with E-state index in [2.05, 4.69) is 10.3 Å². The van der Waals surface area contributed by atoms with Crippen molar-refractivity contribution in [2.75, 3.05) is 5.32 Å². The Morgan fingerprint density at radius 3 is 2.48 bits per heavy atom. The number of aryl methyl sites for hydroxylation is 2. The van der Waals surface area contributed by atoms with Crippen LogP contribution in [0, 0.1) is 37.5 Å². The van der Waals surface area contributed by atoms with E-state index in [0.717, 1.165) is 17.8 Å². The summed E-state index contributed by atoms with van der Waals surface area (Å²) >= 11 is 0. The van der Waals surface area contributed by atoms with Crippen molar-refractivity contribution in [3.8, 4) is 0 Å². The molecule has 1 aromatic heterocycles. The molecule has 5 nitrogen and oxygen atoms in total. The maximum atomic E-state index is 12.5. The van der Waals surface area contributed by atoms with Crippen LogP contribution in [0.3, 0.4) is 0 Å². The molecular weight excluding hydrogens is 268 g/mol. The second-order valence-electron chi connectivity index (χ2n) is 5.91. The van der Waals surface area contributed by atoms with Gasteiger partial charge in [0.1, 0.15) is 0 Å². The van der Waals surface area contributed by atoms with Crippen molar-refractivity contribution >= 4 is 17.6 Å². The molecule has 2 aliphatic rings. The fourth-order valence-electron chi connectivity index (χ4n) is 3.55. The largest absolute Gasteiger partial charge is 0.481 e. The highest BCUT2D eigenvalue weighted by Crippen LogP contribution is 2.48. The van der Waals surface area contributed by atoms with Crippen LogP contribution in [0.2, 0.25) is 0 Å². The van der Waals surface area contributed by atoms with Crippen LogP contribution in [0.4, 0.5) is 5.69 Å². The van der Waals surface area contributed by atoms with Gasteiger partial charge in [0.15, 0.2) is 0 Å². The van der Waals surface area contributed by atoms with Crippen molar-refractivity contribution in [3.63, 3.8) is 0 Å². The predicted octanol–water partition coefficient (Wildman–Crippen LogP) is 2.16. The first-order valence-electron chi connectivity index (χ1n) is 7.13. The SMILES string of the molecule is Cc1ccc(NC(=O)C2C3C=CC(C3)C2C(=O)O)c(C)n1. The summed E-state index contributed by atoms with van der Waals surface area (Å²) in [5.74, 6) is -2.18. The first kappa shape index (κ1) is 13.8. The average Bonchev–Trinajstić information content (AvgIpc) is 3.02. The zero-order valence-corrected chi connectivity index (χ0v) is 12.0. The van der Waals surface area contributed by atoms with E-state index in [0.29, 0.717) is 5.69 Å². The van der Waals surface area contributed by atoms with Crippen molar-refractivity contribution in [3.05, 3.63) is 35.7 Å². The van der Waals surface area contributed by atoms with E-state index in [9.17, 15) is 14.7 Å². The maximum absolute atomic E-state index is 12.5. The van der Waals surface area contributed by atoms with Gasteiger partial charge >= 0.3 is 5.97 Å². The molecule has 1 fully saturated rings. The number of hydrogen-bond acceptors (Lipinski definition) is 3. The van der Waals surface area contributed by atoms with E-state index in [1.807, 2.05) is 38.1 Å². The maximum Gasteiger partial charge on any atom is 0.307 e. The monoisotopic (exact) mass is 286 g/mol. The molecular formula is C16H18N2O3. The van der Waals surface area contributed by atoms with Gasteiger partial charge in [0.05, 0.1) is 23.2 Å². The van der Waals surface area contributed by atoms with Gasteiger partial charge in [-0.05, 0) is 44.2 Å². The van der Waals surface area contributed by atoms with Gasteiger partial charge < -0.3 is 10.4 Å². The standard InChI is InChI=1S/C16H18N2O3/c1-8-3-6-12(9(2)17-8)18-15(19)13-10-4-5-11(7-10)14(13)16(20)21/h3-6,10-11,13-14H,7H2,1-2H3,(H,18,19)(H,20,21). The minimum Gasteiger partial charge on any atom is -0.481 e. The van der Waals surface area contributed by atoms with Gasteiger partial charge in [-0.3, -0.25) is 14.6 Å². The van der Waals surface area contributed by atoms with E-state index in [1.54, 1.807) is 0 Å². The summed E-state index contributed by atoms with van der Waals surface area (Å²) < 4.78 is 0. The molecule has 1 saturated carbocycles. The van der Waals surface area contributed by atoms with Crippen molar-refractivity contribution < 1.29 is 14.7 Å². The lowest BCUT2D eigenvalue weighted by molar-refractivity contribution is -0.146. The summed E-state index contributed by atoms with van der Waals surface area (Å²) in [5.41, 5.74) is 2.28. The Hall–Kier alpha value is -2.17. The first-order chi connectivity index (χ1) is 9.97. The summed E-state index contributed by atoms with van der Waals surface area (Å²) in [7, 11) is 0. The van der Waals surface area contributed by atoms with Gasteiger partial charge in [0.25, 0.3) is 0 Å². The van der Waals surface area contributed by atoms with E-state index < -0.39 is 17.8 Å². The van der Waals surface area contributed by atoms with Crippen LogP contribution < -0.4 is 5.32 Å². The molecule has 2 N–H and O–H groups in total. The molecule has 2 aliphatic carbocycles. The number of aliphatic carboxylic acids is 1. The lowest BCUT2D eigenvalue weighted by Crippen LogP contribution is -2.36. The lowest BCUT2D eigenvalue weighted by Gasteiger charge is -2.24. The van der Waals surface area contributed by atoms with Gasteiger partial charge in [0, 0.05) is 5.69 Å². The Morgan fingerprint density at radius 1 is 1.19 bits per heavy atom. The van der Waals surface area contributed by atoms with Gasteiger partial charge in [-0.25, -0.2) is 0 Å². The number of allylic oxidation sites excluding steroid dienone is 2. The number of aromatic nitrogens is 1. The Kier molecular flexibility index (Phi) is 3.27. The number of anilines is 1. The van der Waals surface area contributed by atoms with E-state index in [4.69, 9.17) is 0 Å². The van der Waals surface area contributed by atoms with E-state index in [-0.39, 0.29) is 17.7 Å². The lowest BCUT2D eigenvalue weighted by atomic mass is 9.82. The minimum absolute atomic E-state index is 0.0134. The summed E-state index contributed by atoms with van der Waals surface area (Å²) in [6.07, 6.45) is 4.68. The zero-order chi connectivity index (χ0) is 15.1. The number of carbonyl (C=O) groups is 2. The molecule has 1 heterocycles. The molecule has 4 atom stereocenters. The zero-order valence-electron chi connectivity index (χ0n) is 12.0. The Balaban J connectivity index is 1.82. The third-order valence-electron chi connectivity index (χ3n) is 4.53. The minimum atomic E-state index is -0.884. The van der Waals surface area contributed by atoms with Gasteiger partial charge in [-0.2, -0.15) is 0 Å². The molecule has 0 aliphatic heterocycles. The summed E-state index contributed by atoms with van der Waals surface area (Å²) in [4.78, 5) is 28.3. The topological polar surface area (TPSA) is 79.3 Å². The molecule has 4 unspecified atom stereocenters. The number of rotatable bonds is 3. The number of nitrogens with zero attached hydrogens (tertiary/aromatic N) is 1. The molecule has 0 spiro atoms. The number of fused-ring (bicyclic) bond motifs is 2. The molecule has 0 aromatic carbocycles. The Bertz CT molecular complexity index is 638. The van der Waals surface area contributed by atoms with Crippen LogP contribution in [-0.2, 0) is 9.59 Å². The van der Waals surface area contributed by atoms with Gasteiger partial charge in [0.2, 0.25) is 5.91 Å². The van der Waals surface area contributed by atoms with Crippen LogP contribution in [0.25, 0.3) is 0 Å². The molecule has 1 amide bonds. The highest BCUT2D eigenvalue weighted by Gasteiger charge is 2.51. The fourth-order valence-corrected chi connectivity index (χ4v) is 3.55. The third-order valence-corrected chi connectivity index (χ3v) is 4.53. The molecule has 0 radical (unpaired) electrons. The van der Waals surface area contributed by atoms with Crippen LogP contribution in [0.15, 0.2) is 24.3 Å². The Labute approximate surface area is 123 Å². The van der Waals surface area contributed by atoms with Crippen LogP contribution >= 0.6 is 0 Å². The molecule has 1 aromatic rings. The highest BCUT2D eigenvalue weighted by atomic mass is 16.4. The van der Waals surface area contributed by atoms with Crippen LogP contribution in [-0.4, -0.2) is 22.0 Å². The van der Waals surface area contributed by atoms with Crippen LogP contribution in [0.5, 0.6) is 0 Å². The molecule has 110 valence electrons. The normalized spacial score (nSPS) is 29.6. The number of carboxylic acids is 1. The van der Waals surface area contributed by atoms with Crippen molar-refractivity contribution in [2.24, 2.45) is 23.7 Å².